The Bertz CT molecular complexity index is 882. The minimum atomic E-state index is -0.185. The smallest absolute Gasteiger partial charge is 0.259 e. The Balaban J connectivity index is 1.77. The summed E-state index contributed by atoms with van der Waals surface area (Å²) in [4.78, 5) is 27.2. The number of carbonyl (C=O) groups excluding carboxylic acids is 2. The number of nitrogens with zero attached hydrogens (tertiary/aromatic N) is 1. The molecule has 0 saturated carbocycles. The summed E-state index contributed by atoms with van der Waals surface area (Å²) in [7, 11) is 1.56. The molecule has 2 aliphatic rings. The van der Waals surface area contributed by atoms with Crippen LogP contribution in [0.2, 0.25) is 0 Å². The summed E-state index contributed by atoms with van der Waals surface area (Å²) in [5.41, 5.74) is 4.04. The molecule has 0 fully saturated rings. The molecule has 2 heterocycles. The number of benzene rings is 2. The molecular formula is C20H17NO3. The van der Waals surface area contributed by atoms with Gasteiger partial charge in [-0.1, -0.05) is 30.3 Å². The van der Waals surface area contributed by atoms with E-state index in [1.54, 1.807) is 36.3 Å². The Morgan fingerprint density at radius 1 is 1.21 bits per heavy atom. The second-order valence-electron chi connectivity index (χ2n) is 6.03. The highest BCUT2D eigenvalue weighted by molar-refractivity contribution is 6.36. The number of aryl methyl sites for hydroxylation is 1. The highest BCUT2D eigenvalue weighted by Crippen LogP contribution is 2.42. The first-order valence-electron chi connectivity index (χ1n) is 8.03. The Kier molecular flexibility index (Phi) is 3.45. The standard InChI is InChI=1S/C20H17NO3/c1-24-15-8-2-6-14(11-15)18(22)12-17-16-9-3-5-13-7-4-10-21(19(13)16)20(17)23/h2-3,5-6,8-9,11-12H,4,7,10H2,1H3/b17-12-. The summed E-state index contributed by atoms with van der Waals surface area (Å²) in [6, 6.07) is 12.9. The first-order chi connectivity index (χ1) is 11.7. The number of ketones is 1. The van der Waals surface area contributed by atoms with Crippen LogP contribution < -0.4 is 9.64 Å². The summed E-state index contributed by atoms with van der Waals surface area (Å²) >= 11 is 0. The summed E-state index contributed by atoms with van der Waals surface area (Å²) in [6.45, 7) is 0.716. The molecule has 0 bridgehead atoms. The lowest BCUT2D eigenvalue weighted by molar-refractivity contribution is -0.113. The molecule has 1 amide bonds. The number of methoxy groups -OCH3 is 1. The monoisotopic (exact) mass is 319 g/mol. The number of para-hydroxylation sites is 1. The Hall–Kier alpha value is -2.88. The van der Waals surface area contributed by atoms with Gasteiger partial charge in [0.2, 0.25) is 0 Å². The van der Waals surface area contributed by atoms with Crippen LogP contribution in [-0.2, 0) is 11.2 Å². The normalized spacial score (nSPS) is 17.1. The third-order valence-electron chi connectivity index (χ3n) is 4.61. The molecule has 24 heavy (non-hydrogen) atoms. The third-order valence-corrected chi connectivity index (χ3v) is 4.61. The van der Waals surface area contributed by atoms with E-state index in [4.69, 9.17) is 4.74 Å². The number of hydrogen-bond donors (Lipinski definition) is 0. The molecule has 4 rings (SSSR count). The molecular weight excluding hydrogens is 302 g/mol. The number of rotatable bonds is 3. The minimum Gasteiger partial charge on any atom is -0.497 e. The van der Waals surface area contributed by atoms with Gasteiger partial charge >= 0.3 is 0 Å². The van der Waals surface area contributed by atoms with Crippen LogP contribution in [0.5, 0.6) is 5.75 Å². The van der Waals surface area contributed by atoms with Gasteiger partial charge in [-0.2, -0.15) is 0 Å². The average Bonchev–Trinajstić information content (AvgIpc) is 2.90. The van der Waals surface area contributed by atoms with Crippen molar-refractivity contribution >= 4 is 23.0 Å². The van der Waals surface area contributed by atoms with Crippen LogP contribution in [0.4, 0.5) is 5.69 Å². The van der Waals surface area contributed by atoms with Gasteiger partial charge < -0.3 is 9.64 Å². The molecule has 2 aromatic rings. The molecule has 0 unspecified atom stereocenters. The predicted molar refractivity (Wildman–Crippen MR) is 92.4 cm³/mol. The molecule has 2 aromatic carbocycles. The van der Waals surface area contributed by atoms with Crippen molar-refractivity contribution in [2.75, 3.05) is 18.6 Å². The van der Waals surface area contributed by atoms with Gasteiger partial charge in [0.25, 0.3) is 5.91 Å². The largest absolute Gasteiger partial charge is 0.497 e. The van der Waals surface area contributed by atoms with Gasteiger partial charge in [-0.25, -0.2) is 0 Å². The van der Waals surface area contributed by atoms with E-state index < -0.39 is 0 Å². The lowest BCUT2D eigenvalue weighted by Gasteiger charge is -2.24. The van der Waals surface area contributed by atoms with E-state index in [9.17, 15) is 9.59 Å². The topological polar surface area (TPSA) is 46.6 Å². The van der Waals surface area contributed by atoms with Crippen LogP contribution in [-0.4, -0.2) is 25.3 Å². The molecule has 4 heteroatoms. The van der Waals surface area contributed by atoms with Crippen LogP contribution in [0.1, 0.15) is 27.9 Å². The number of amides is 1. The second-order valence-corrected chi connectivity index (χ2v) is 6.03. The zero-order chi connectivity index (χ0) is 16.7. The van der Waals surface area contributed by atoms with Crippen molar-refractivity contribution in [3.63, 3.8) is 0 Å². The molecule has 0 aliphatic carbocycles. The molecule has 4 nitrogen and oxygen atoms in total. The fourth-order valence-electron chi connectivity index (χ4n) is 3.46. The first kappa shape index (κ1) is 14.7. The molecule has 0 saturated heterocycles. The van der Waals surface area contributed by atoms with Gasteiger partial charge in [0, 0.05) is 17.7 Å². The van der Waals surface area contributed by atoms with Gasteiger partial charge in [-0.15, -0.1) is 0 Å². The Morgan fingerprint density at radius 2 is 2.04 bits per heavy atom. The Morgan fingerprint density at radius 3 is 2.88 bits per heavy atom. The van der Waals surface area contributed by atoms with Crippen molar-refractivity contribution in [2.24, 2.45) is 0 Å². The van der Waals surface area contributed by atoms with Crippen LogP contribution in [0.3, 0.4) is 0 Å². The fourth-order valence-corrected chi connectivity index (χ4v) is 3.46. The maximum Gasteiger partial charge on any atom is 0.259 e. The summed E-state index contributed by atoms with van der Waals surface area (Å²) in [6.07, 6.45) is 3.40. The van der Waals surface area contributed by atoms with E-state index in [0.717, 1.165) is 24.1 Å². The van der Waals surface area contributed by atoms with Gasteiger partial charge in [0.05, 0.1) is 18.4 Å². The number of hydrogen-bond acceptors (Lipinski definition) is 3. The third kappa shape index (κ3) is 2.22. The fraction of sp³-hybridized carbons (Fsp3) is 0.200. The number of carbonyl (C=O) groups is 2. The van der Waals surface area contributed by atoms with E-state index in [1.807, 2.05) is 12.1 Å². The van der Waals surface area contributed by atoms with E-state index in [2.05, 4.69) is 6.07 Å². The molecule has 0 N–H and O–H groups in total. The van der Waals surface area contributed by atoms with E-state index in [-0.39, 0.29) is 11.7 Å². The quantitative estimate of drug-likeness (QED) is 0.644. The van der Waals surface area contributed by atoms with Crippen molar-refractivity contribution in [2.45, 2.75) is 12.8 Å². The average molecular weight is 319 g/mol. The predicted octanol–water partition coefficient (Wildman–Crippen LogP) is 3.25. The van der Waals surface area contributed by atoms with Crippen molar-refractivity contribution < 1.29 is 14.3 Å². The van der Waals surface area contributed by atoms with Crippen LogP contribution >= 0.6 is 0 Å². The SMILES string of the molecule is COc1cccc(C(=O)/C=C2\C(=O)N3CCCc4cccc2c43)c1. The van der Waals surface area contributed by atoms with Crippen molar-refractivity contribution in [3.8, 4) is 5.75 Å². The maximum absolute atomic E-state index is 12.8. The molecule has 0 radical (unpaired) electrons. The molecule has 0 spiro atoms. The van der Waals surface area contributed by atoms with Crippen molar-refractivity contribution in [1.82, 2.24) is 0 Å². The van der Waals surface area contributed by atoms with Crippen LogP contribution in [0, 0.1) is 0 Å². The highest BCUT2D eigenvalue weighted by atomic mass is 16.5. The van der Waals surface area contributed by atoms with Gasteiger partial charge in [0.15, 0.2) is 5.78 Å². The highest BCUT2D eigenvalue weighted by Gasteiger charge is 2.36. The van der Waals surface area contributed by atoms with Gasteiger partial charge in [0.1, 0.15) is 5.75 Å². The maximum atomic E-state index is 12.8. The lowest BCUT2D eigenvalue weighted by atomic mass is 9.98. The number of allylic oxidation sites excluding steroid dienone is 1. The van der Waals surface area contributed by atoms with Crippen LogP contribution in [0.15, 0.2) is 48.5 Å². The molecule has 2 aliphatic heterocycles. The van der Waals surface area contributed by atoms with Crippen molar-refractivity contribution in [1.29, 1.82) is 0 Å². The summed E-state index contributed by atoms with van der Waals surface area (Å²) < 4.78 is 5.16. The molecule has 120 valence electrons. The minimum absolute atomic E-state index is 0.0756. The molecule has 0 aromatic heterocycles. The lowest BCUT2D eigenvalue weighted by Crippen LogP contribution is -2.31. The van der Waals surface area contributed by atoms with Gasteiger partial charge in [-0.05, 0) is 36.6 Å². The number of ether oxygens (including phenoxy) is 1. The van der Waals surface area contributed by atoms with Gasteiger partial charge in [-0.3, -0.25) is 9.59 Å². The molecule has 0 atom stereocenters. The van der Waals surface area contributed by atoms with Crippen LogP contribution in [0.25, 0.3) is 5.57 Å². The second kappa shape index (κ2) is 5.64. The Labute approximate surface area is 140 Å². The number of anilines is 1. The first-order valence-corrected chi connectivity index (χ1v) is 8.03. The van der Waals surface area contributed by atoms with E-state index in [0.29, 0.717) is 23.4 Å². The zero-order valence-electron chi connectivity index (χ0n) is 13.4. The van der Waals surface area contributed by atoms with Crippen molar-refractivity contribution in [3.05, 3.63) is 65.2 Å². The van der Waals surface area contributed by atoms with E-state index in [1.165, 1.54) is 11.6 Å². The summed E-state index contributed by atoms with van der Waals surface area (Å²) in [5, 5.41) is 0. The zero-order valence-corrected chi connectivity index (χ0v) is 13.4. The van der Waals surface area contributed by atoms with E-state index >= 15 is 0 Å². The summed E-state index contributed by atoms with van der Waals surface area (Å²) in [5.74, 6) is 0.363.